The van der Waals surface area contributed by atoms with Gasteiger partial charge in [-0.15, -0.1) is 0 Å². The highest BCUT2D eigenvalue weighted by molar-refractivity contribution is 9.10. The van der Waals surface area contributed by atoms with Crippen LogP contribution in [-0.4, -0.2) is 32.2 Å². The number of rotatable bonds is 4. The molecule has 1 aromatic carbocycles. The predicted molar refractivity (Wildman–Crippen MR) is 82.8 cm³/mol. The molecule has 0 saturated carbocycles. The van der Waals surface area contributed by atoms with E-state index in [2.05, 4.69) is 21.2 Å². The van der Waals surface area contributed by atoms with Crippen LogP contribution >= 0.6 is 15.9 Å². The Labute approximate surface area is 123 Å². The molecule has 0 unspecified atom stereocenters. The van der Waals surface area contributed by atoms with Crippen LogP contribution in [0, 0.1) is 0 Å². The number of nitrogens with zero attached hydrogens (tertiary/aromatic N) is 1. The van der Waals surface area contributed by atoms with Crippen LogP contribution in [0.1, 0.15) is 20.8 Å². The molecule has 1 N–H and O–H groups in total. The van der Waals surface area contributed by atoms with Gasteiger partial charge in [0, 0.05) is 18.6 Å². The zero-order chi connectivity index (χ0) is 14.6. The number of amides is 1. The fourth-order valence-corrected chi connectivity index (χ4v) is 1.83. The summed E-state index contributed by atoms with van der Waals surface area (Å²) in [6.07, 6.45) is 0. The second-order valence-electron chi connectivity index (χ2n) is 5.51. The summed E-state index contributed by atoms with van der Waals surface area (Å²) in [6.45, 7) is 5.81. The zero-order valence-corrected chi connectivity index (χ0v) is 13.7. The normalized spacial score (nSPS) is 11.3. The lowest BCUT2D eigenvalue weighted by Gasteiger charge is -2.21. The monoisotopic (exact) mass is 328 g/mol. The van der Waals surface area contributed by atoms with E-state index < -0.39 is 0 Å². The van der Waals surface area contributed by atoms with Crippen molar-refractivity contribution in [3.63, 3.8) is 0 Å². The maximum absolute atomic E-state index is 11.9. The molecule has 0 spiro atoms. The van der Waals surface area contributed by atoms with Gasteiger partial charge in [0.1, 0.15) is 6.61 Å². The molecule has 1 amide bonds. The minimum Gasteiger partial charge on any atom is -0.376 e. The quantitative estimate of drug-likeness (QED) is 0.922. The summed E-state index contributed by atoms with van der Waals surface area (Å²) < 4.78 is 6.38. The first-order valence-corrected chi connectivity index (χ1v) is 6.89. The van der Waals surface area contributed by atoms with E-state index in [9.17, 15) is 4.79 Å². The van der Waals surface area contributed by atoms with Crippen LogP contribution < -0.4 is 10.2 Å². The molecule has 1 rings (SSSR count). The smallest absolute Gasteiger partial charge is 0.250 e. The van der Waals surface area contributed by atoms with Gasteiger partial charge in [0.2, 0.25) is 5.91 Å². The van der Waals surface area contributed by atoms with Crippen molar-refractivity contribution in [2.45, 2.75) is 26.4 Å². The van der Waals surface area contributed by atoms with Crippen LogP contribution in [0.15, 0.2) is 22.7 Å². The van der Waals surface area contributed by atoms with Gasteiger partial charge in [-0.3, -0.25) is 4.79 Å². The summed E-state index contributed by atoms with van der Waals surface area (Å²) in [7, 11) is 3.87. The van der Waals surface area contributed by atoms with Crippen molar-refractivity contribution in [2.75, 3.05) is 30.9 Å². The molecule has 106 valence electrons. The van der Waals surface area contributed by atoms with Crippen molar-refractivity contribution in [3.05, 3.63) is 22.7 Å². The van der Waals surface area contributed by atoms with Crippen LogP contribution in [0.25, 0.3) is 0 Å². The number of hydrogen-bond donors (Lipinski definition) is 1. The standard InChI is InChI=1S/C14H21BrN2O2/c1-14(2,3)19-9-13(18)16-11-8-10(15)6-7-12(11)17(4)5/h6-8H,9H2,1-5H3,(H,16,18). The second-order valence-corrected chi connectivity index (χ2v) is 6.42. The van der Waals surface area contributed by atoms with E-state index in [-0.39, 0.29) is 18.1 Å². The van der Waals surface area contributed by atoms with Gasteiger partial charge in [-0.2, -0.15) is 0 Å². The van der Waals surface area contributed by atoms with Gasteiger partial charge in [-0.25, -0.2) is 0 Å². The molecule has 0 aliphatic rings. The number of nitrogens with one attached hydrogen (secondary N) is 1. The summed E-state index contributed by atoms with van der Waals surface area (Å²) in [5, 5.41) is 2.87. The molecule has 19 heavy (non-hydrogen) atoms. The molecule has 4 nitrogen and oxygen atoms in total. The lowest BCUT2D eigenvalue weighted by molar-refractivity contribution is -0.125. The number of carbonyl (C=O) groups is 1. The van der Waals surface area contributed by atoms with Crippen LogP contribution in [0.4, 0.5) is 11.4 Å². The Balaban J connectivity index is 2.76. The Hall–Kier alpha value is -1.07. The molecule has 0 aliphatic carbocycles. The number of anilines is 2. The third kappa shape index (κ3) is 5.61. The third-order valence-electron chi connectivity index (χ3n) is 2.35. The Kier molecular flexibility index (Phi) is 5.38. The summed E-state index contributed by atoms with van der Waals surface area (Å²) in [5.41, 5.74) is 1.40. The molecular weight excluding hydrogens is 308 g/mol. The average Bonchev–Trinajstić information content (AvgIpc) is 2.25. The Bertz CT molecular complexity index is 453. The van der Waals surface area contributed by atoms with Crippen molar-refractivity contribution >= 4 is 33.2 Å². The number of halogens is 1. The van der Waals surface area contributed by atoms with E-state index in [1.807, 2.05) is 58.0 Å². The van der Waals surface area contributed by atoms with Gasteiger partial charge in [0.25, 0.3) is 0 Å². The Morgan fingerprint density at radius 3 is 2.53 bits per heavy atom. The van der Waals surface area contributed by atoms with Gasteiger partial charge < -0.3 is 15.0 Å². The van der Waals surface area contributed by atoms with E-state index in [1.54, 1.807) is 0 Å². The molecule has 0 heterocycles. The van der Waals surface area contributed by atoms with Crippen molar-refractivity contribution < 1.29 is 9.53 Å². The largest absolute Gasteiger partial charge is 0.376 e. The van der Waals surface area contributed by atoms with Gasteiger partial charge >= 0.3 is 0 Å². The summed E-state index contributed by atoms with van der Waals surface area (Å²) in [5.74, 6) is -0.156. The number of ether oxygens (including phenoxy) is 1. The fraction of sp³-hybridized carbons (Fsp3) is 0.500. The van der Waals surface area contributed by atoms with Crippen molar-refractivity contribution in [2.24, 2.45) is 0 Å². The lowest BCUT2D eigenvalue weighted by atomic mass is 10.2. The van der Waals surface area contributed by atoms with Crippen LogP contribution in [0.2, 0.25) is 0 Å². The number of hydrogen-bond acceptors (Lipinski definition) is 3. The maximum Gasteiger partial charge on any atom is 0.250 e. The van der Waals surface area contributed by atoms with Crippen molar-refractivity contribution in [1.29, 1.82) is 0 Å². The second kappa shape index (κ2) is 6.39. The minimum absolute atomic E-state index is 0.0445. The topological polar surface area (TPSA) is 41.6 Å². The molecule has 5 heteroatoms. The molecule has 0 bridgehead atoms. The average molecular weight is 329 g/mol. The Morgan fingerprint density at radius 2 is 2.00 bits per heavy atom. The van der Waals surface area contributed by atoms with Gasteiger partial charge in [0.05, 0.1) is 17.0 Å². The number of carbonyl (C=O) groups excluding carboxylic acids is 1. The Morgan fingerprint density at radius 1 is 1.37 bits per heavy atom. The van der Waals surface area contributed by atoms with E-state index in [0.717, 1.165) is 15.8 Å². The summed E-state index contributed by atoms with van der Waals surface area (Å²) >= 11 is 3.41. The molecule has 0 saturated heterocycles. The van der Waals surface area contributed by atoms with E-state index >= 15 is 0 Å². The molecule has 0 atom stereocenters. The zero-order valence-electron chi connectivity index (χ0n) is 12.1. The van der Waals surface area contributed by atoms with Gasteiger partial charge in [-0.1, -0.05) is 15.9 Å². The van der Waals surface area contributed by atoms with Crippen LogP contribution in [-0.2, 0) is 9.53 Å². The van der Waals surface area contributed by atoms with Gasteiger partial charge in [-0.05, 0) is 39.0 Å². The predicted octanol–water partition coefficient (Wildman–Crippen LogP) is 3.27. The van der Waals surface area contributed by atoms with Crippen LogP contribution in [0.5, 0.6) is 0 Å². The molecular formula is C14H21BrN2O2. The SMILES string of the molecule is CN(C)c1ccc(Br)cc1NC(=O)COC(C)(C)C. The number of benzene rings is 1. The lowest BCUT2D eigenvalue weighted by Crippen LogP contribution is -2.27. The van der Waals surface area contributed by atoms with E-state index in [0.29, 0.717) is 0 Å². The highest BCUT2D eigenvalue weighted by Gasteiger charge is 2.14. The molecule has 0 aliphatic heterocycles. The van der Waals surface area contributed by atoms with Crippen molar-refractivity contribution in [1.82, 2.24) is 0 Å². The minimum atomic E-state index is -0.320. The molecule has 0 fully saturated rings. The summed E-state index contributed by atoms with van der Waals surface area (Å²) in [4.78, 5) is 13.8. The highest BCUT2D eigenvalue weighted by Crippen LogP contribution is 2.28. The third-order valence-corrected chi connectivity index (χ3v) is 2.84. The van der Waals surface area contributed by atoms with E-state index in [4.69, 9.17) is 4.74 Å². The first-order valence-electron chi connectivity index (χ1n) is 6.10. The molecule has 0 radical (unpaired) electrons. The van der Waals surface area contributed by atoms with E-state index in [1.165, 1.54) is 0 Å². The highest BCUT2D eigenvalue weighted by atomic mass is 79.9. The molecule has 1 aromatic rings. The first kappa shape index (κ1) is 16.0. The molecule has 0 aromatic heterocycles. The van der Waals surface area contributed by atoms with Crippen LogP contribution in [0.3, 0.4) is 0 Å². The first-order chi connectivity index (χ1) is 8.69. The summed E-state index contributed by atoms with van der Waals surface area (Å²) in [6, 6.07) is 5.77. The van der Waals surface area contributed by atoms with Crippen molar-refractivity contribution in [3.8, 4) is 0 Å². The van der Waals surface area contributed by atoms with Gasteiger partial charge in [0.15, 0.2) is 0 Å². The fourth-order valence-electron chi connectivity index (χ4n) is 1.47. The maximum atomic E-state index is 11.9.